The largest absolute Gasteiger partial charge is 0.396 e. The topological polar surface area (TPSA) is 71.4 Å². The molecule has 0 aliphatic heterocycles. The standard InChI is InChI=1S/C22H32O2.C22H30O2.CH2Cl2.CH4/c2*1-14(13-23)18-6-7-19-17-5-4-15-12-16(24)8-10-21(15,2)20(17)9-11-22(18,19)3;2-1-3;/h4-5,12,14,17-20,23H,6-11,13H2,1-3H3;4-5,12-14,17-20H,6-11H2,1-3H3;1H2;1H4/t2*14-,17?,18?,19?,20?,21+,22-;;/m11../s1. The van der Waals surface area contributed by atoms with Gasteiger partial charge in [-0.3, -0.25) is 9.59 Å². The summed E-state index contributed by atoms with van der Waals surface area (Å²) >= 11 is 9.53. The molecule has 8 aliphatic rings. The first-order chi connectivity index (χ1) is 24.2. The van der Waals surface area contributed by atoms with Crippen LogP contribution in [0.15, 0.2) is 47.6 Å². The highest BCUT2D eigenvalue weighted by molar-refractivity contribution is 6.40. The summed E-state index contributed by atoms with van der Waals surface area (Å²) in [5.41, 5.74) is 3.66. The fourth-order valence-corrected chi connectivity index (χ4v) is 14.1. The van der Waals surface area contributed by atoms with Gasteiger partial charge in [0.25, 0.3) is 0 Å². The van der Waals surface area contributed by atoms with Crippen molar-refractivity contribution in [2.75, 3.05) is 11.9 Å². The number of hydrogen-bond donors (Lipinski definition) is 1. The molecular weight excluding hydrogens is 687 g/mol. The Labute approximate surface area is 325 Å². The van der Waals surface area contributed by atoms with Gasteiger partial charge in [-0.25, -0.2) is 0 Å². The van der Waals surface area contributed by atoms with Crippen LogP contribution in [-0.4, -0.2) is 34.9 Å². The van der Waals surface area contributed by atoms with Crippen LogP contribution in [0.5, 0.6) is 0 Å². The Morgan fingerprint density at radius 2 is 1.13 bits per heavy atom. The molecule has 52 heavy (non-hydrogen) atoms. The van der Waals surface area contributed by atoms with Gasteiger partial charge in [0, 0.05) is 25.4 Å². The number of carbonyl (C=O) groups excluding carboxylic acids is 3. The monoisotopic (exact) mass is 754 g/mol. The Balaban J connectivity index is 0.000000184. The van der Waals surface area contributed by atoms with Gasteiger partial charge < -0.3 is 9.90 Å². The van der Waals surface area contributed by atoms with E-state index in [9.17, 15) is 19.5 Å². The third-order valence-electron chi connectivity index (χ3n) is 17.0. The first-order valence-corrected chi connectivity index (χ1v) is 21.3. The van der Waals surface area contributed by atoms with E-state index in [2.05, 4.69) is 65.8 Å². The maximum atomic E-state index is 11.9. The van der Waals surface area contributed by atoms with E-state index >= 15 is 0 Å². The van der Waals surface area contributed by atoms with E-state index in [1.54, 1.807) is 0 Å². The third-order valence-corrected chi connectivity index (χ3v) is 17.0. The van der Waals surface area contributed by atoms with E-state index in [1.807, 2.05) is 12.2 Å². The first kappa shape index (κ1) is 41.7. The van der Waals surface area contributed by atoms with Gasteiger partial charge >= 0.3 is 0 Å². The minimum absolute atomic E-state index is 0. The number of aldehydes is 1. The lowest BCUT2D eigenvalue weighted by Crippen LogP contribution is -2.49. The van der Waals surface area contributed by atoms with Gasteiger partial charge in [0.05, 0.1) is 5.34 Å². The Bertz CT molecular complexity index is 1480. The van der Waals surface area contributed by atoms with Crippen LogP contribution >= 0.6 is 23.2 Å². The minimum Gasteiger partial charge on any atom is -0.396 e. The number of ketones is 2. The Morgan fingerprint density at radius 1 is 0.712 bits per heavy atom. The number of hydrogen-bond acceptors (Lipinski definition) is 4. The minimum atomic E-state index is 0. The molecule has 8 aliphatic carbocycles. The highest BCUT2D eigenvalue weighted by Gasteiger charge is 2.60. The molecule has 0 spiro atoms. The summed E-state index contributed by atoms with van der Waals surface area (Å²) in [5.74, 6) is 6.54. The van der Waals surface area contributed by atoms with Crippen LogP contribution in [0.3, 0.4) is 0 Å². The highest BCUT2D eigenvalue weighted by atomic mass is 35.5. The van der Waals surface area contributed by atoms with Crippen molar-refractivity contribution < 1.29 is 19.5 Å². The van der Waals surface area contributed by atoms with Crippen molar-refractivity contribution in [3.63, 3.8) is 0 Å². The molecule has 0 heterocycles. The van der Waals surface area contributed by atoms with E-state index in [-0.39, 0.29) is 29.5 Å². The van der Waals surface area contributed by atoms with E-state index in [0.29, 0.717) is 82.8 Å². The zero-order valence-electron chi connectivity index (χ0n) is 32.1. The number of alkyl halides is 2. The van der Waals surface area contributed by atoms with Crippen molar-refractivity contribution in [1.82, 2.24) is 0 Å². The van der Waals surface area contributed by atoms with Crippen molar-refractivity contribution in [2.45, 2.75) is 126 Å². The van der Waals surface area contributed by atoms with Crippen molar-refractivity contribution in [3.05, 3.63) is 47.6 Å². The summed E-state index contributed by atoms with van der Waals surface area (Å²) in [6.45, 7) is 14.4. The summed E-state index contributed by atoms with van der Waals surface area (Å²) in [7, 11) is 0. The molecule has 0 amide bonds. The number of halogens is 2. The molecule has 1 N–H and O–H groups in total. The molecule has 6 heteroatoms. The molecule has 0 saturated heterocycles. The van der Waals surface area contributed by atoms with Crippen LogP contribution in [0, 0.1) is 80.8 Å². The average Bonchev–Trinajstić information content (AvgIpc) is 3.65. The van der Waals surface area contributed by atoms with Gasteiger partial charge in [0.15, 0.2) is 11.6 Å². The van der Waals surface area contributed by atoms with E-state index < -0.39 is 0 Å². The Kier molecular flexibility index (Phi) is 12.8. The average molecular weight is 756 g/mol. The molecule has 290 valence electrons. The van der Waals surface area contributed by atoms with Gasteiger partial charge in [0.1, 0.15) is 6.29 Å². The number of carbonyl (C=O) groups is 3. The van der Waals surface area contributed by atoms with Crippen LogP contribution in [-0.2, 0) is 14.4 Å². The van der Waals surface area contributed by atoms with Crippen molar-refractivity contribution in [1.29, 1.82) is 0 Å². The van der Waals surface area contributed by atoms with Crippen LogP contribution in [0.2, 0.25) is 0 Å². The van der Waals surface area contributed by atoms with Crippen molar-refractivity contribution in [2.24, 2.45) is 80.8 Å². The summed E-state index contributed by atoms with van der Waals surface area (Å²) in [6.07, 6.45) is 28.0. The summed E-state index contributed by atoms with van der Waals surface area (Å²) in [4.78, 5) is 35.1. The van der Waals surface area contributed by atoms with Gasteiger partial charge in [0.2, 0.25) is 0 Å². The molecular formula is C46H68Cl2O4. The van der Waals surface area contributed by atoms with Crippen LogP contribution < -0.4 is 0 Å². The predicted molar refractivity (Wildman–Crippen MR) is 215 cm³/mol. The maximum absolute atomic E-state index is 11.9. The van der Waals surface area contributed by atoms with Gasteiger partial charge in [-0.1, -0.05) is 73.3 Å². The predicted octanol–water partition coefficient (Wildman–Crippen LogP) is 11.3. The number of aliphatic hydroxyl groups excluding tert-OH is 1. The fourth-order valence-electron chi connectivity index (χ4n) is 14.1. The molecule has 4 fully saturated rings. The molecule has 0 aromatic rings. The Morgan fingerprint density at radius 3 is 1.56 bits per heavy atom. The smallest absolute Gasteiger partial charge is 0.156 e. The normalized spacial score (nSPS) is 44.9. The zero-order valence-corrected chi connectivity index (χ0v) is 33.7. The van der Waals surface area contributed by atoms with Crippen LogP contribution in [0.4, 0.5) is 0 Å². The van der Waals surface area contributed by atoms with E-state index in [1.165, 1.54) is 68.8 Å². The number of fused-ring (bicyclic) bond motifs is 10. The Hall–Kier alpha value is -1.49. The highest BCUT2D eigenvalue weighted by Crippen LogP contribution is 2.67. The lowest BCUT2D eigenvalue weighted by molar-refractivity contribution is -0.117. The zero-order chi connectivity index (χ0) is 36.9. The SMILES string of the molecule is C.C[C@H](C=O)C1CCC2C3C=CC4=CC(=O)CC[C@]4(C)C3CC[C@@]21C.C[C@H](CO)C1CCC2C3C=CC4=CC(=O)CC[C@]4(C)C3CC[C@@]21C.ClCCl. The molecule has 0 aromatic carbocycles. The second kappa shape index (κ2) is 15.9. The molecule has 8 rings (SSSR count). The maximum Gasteiger partial charge on any atom is 0.156 e. The van der Waals surface area contributed by atoms with Gasteiger partial charge in [-0.2, -0.15) is 0 Å². The molecule has 14 atom stereocenters. The molecule has 0 bridgehead atoms. The van der Waals surface area contributed by atoms with E-state index in [4.69, 9.17) is 23.2 Å². The fraction of sp³-hybridized carbons (Fsp3) is 0.761. The third kappa shape index (κ3) is 6.84. The second-order valence-electron chi connectivity index (χ2n) is 19.0. The van der Waals surface area contributed by atoms with Crippen LogP contribution in [0.25, 0.3) is 0 Å². The van der Waals surface area contributed by atoms with Crippen LogP contribution in [0.1, 0.15) is 126 Å². The van der Waals surface area contributed by atoms with E-state index in [0.717, 1.165) is 25.2 Å². The first-order valence-electron chi connectivity index (χ1n) is 20.3. The summed E-state index contributed by atoms with van der Waals surface area (Å²) < 4.78 is 0. The number of allylic oxidation sites excluding steroid dienone is 8. The lowest BCUT2D eigenvalue weighted by Gasteiger charge is -2.56. The molecule has 8 unspecified atom stereocenters. The molecule has 0 radical (unpaired) electrons. The number of aliphatic hydroxyl groups is 1. The van der Waals surface area contributed by atoms with Crippen molar-refractivity contribution >= 4 is 41.1 Å². The lowest BCUT2D eigenvalue weighted by atomic mass is 9.48. The molecule has 0 aromatic heterocycles. The second-order valence-corrected chi connectivity index (χ2v) is 19.8. The summed E-state index contributed by atoms with van der Waals surface area (Å²) in [6, 6.07) is 0. The van der Waals surface area contributed by atoms with Gasteiger partial charge in [-0.05, 0) is 162 Å². The molecule has 4 saturated carbocycles. The van der Waals surface area contributed by atoms with Gasteiger partial charge in [-0.15, -0.1) is 23.2 Å². The number of rotatable bonds is 4. The summed E-state index contributed by atoms with van der Waals surface area (Å²) in [5, 5.41) is 9.89. The van der Waals surface area contributed by atoms with Crippen molar-refractivity contribution in [3.8, 4) is 0 Å². The molecule has 4 nitrogen and oxygen atoms in total. The quantitative estimate of drug-likeness (QED) is 0.229.